The van der Waals surface area contributed by atoms with Crippen molar-refractivity contribution in [2.24, 2.45) is 5.73 Å². The molecule has 100 valence electrons. The van der Waals surface area contributed by atoms with Crippen LogP contribution in [-0.4, -0.2) is 12.6 Å². The molecular weight excluding hydrogens is 243 g/mol. The van der Waals surface area contributed by atoms with Crippen LogP contribution in [0.3, 0.4) is 0 Å². The average molecular weight is 259 g/mol. The van der Waals surface area contributed by atoms with E-state index in [1.165, 1.54) is 12.1 Å². The quantitative estimate of drug-likeness (QED) is 0.777. The predicted molar refractivity (Wildman–Crippen MR) is 62.5 cm³/mol. The molecule has 1 saturated heterocycles. The number of nitrogens with one attached hydrogen (secondary N) is 2. The molecule has 2 atom stereocenters. The van der Waals surface area contributed by atoms with E-state index in [4.69, 9.17) is 5.73 Å². The molecule has 1 aliphatic heterocycles. The van der Waals surface area contributed by atoms with Gasteiger partial charge in [0.25, 0.3) is 0 Å². The lowest BCUT2D eigenvalue weighted by atomic mass is 9.99. The molecule has 0 bridgehead atoms. The lowest BCUT2D eigenvalue weighted by Gasteiger charge is -2.12. The lowest BCUT2D eigenvalue weighted by Crippen LogP contribution is -2.32. The minimum absolute atomic E-state index is 0.0452. The predicted octanol–water partition coefficient (Wildman–Crippen LogP) is 1.96. The van der Waals surface area contributed by atoms with Gasteiger partial charge in [0.2, 0.25) is 0 Å². The molecule has 18 heavy (non-hydrogen) atoms. The zero-order chi connectivity index (χ0) is 13.2. The van der Waals surface area contributed by atoms with Crippen LogP contribution in [0.2, 0.25) is 0 Å². The third-order valence-corrected chi connectivity index (χ3v) is 3.14. The molecule has 1 aromatic carbocycles. The fraction of sp³-hybridized carbons (Fsp3) is 0.500. The Hall–Kier alpha value is -1.11. The molecule has 1 heterocycles. The molecule has 1 aromatic rings. The molecule has 3 nitrogen and oxygen atoms in total. The van der Waals surface area contributed by atoms with Gasteiger partial charge in [0.05, 0.1) is 5.56 Å². The first-order chi connectivity index (χ1) is 8.50. The minimum Gasteiger partial charge on any atom is -0.330 e. The highest BCUT2D eigenvalue weighted by Crippen LogP contribution is 2.31. The van der Waals surface area contributed by atoms with Crippen molar-refractivity contribution in [1.82, 2.24) is 10.9 Å². The summed E-state index contributed by atoms with van der Waals surface area (Å²) in [6.45, 7) is 0.596. The van der Waals surface area contributed by atoms with E-state index in [-0.39, 0.29) is 12.1 Å². The number of nitrogens with two attached hydrogens (primary N) is 1. The highest BCUT2D eigenvalue weighted by atomic mass is 19.4. The van der Waals surface area contributed by atoms with E-state index in [9.17, 15) is 13.2 Å². The van der Waals surface area contributed by atoms with Crippen LogP contribution in [0.15, 0.2) is 24.3 Å². The van der Waals surface area contributed by atoms with Crippen LogP contribution in [0.4, 0.5) is 13.2 Å². The fourth-order valence-corrected chi connectivity index (χ4v) is 2.14. The van der Waals surface area contributed by atoms with E-state index in [0.29, 0.717) is 6.54 Å². The first-order valence-corrected chi connectivity index (χ1v) is 5.89. The highest BCUT2D eigenvalue weighted by molar-refractivity contribution is 5.27. The summed E-state index contributed by atoms with van der Waals surface area (Å²) in [6, 6.07) is 5.60. The maximum atomic E-state index is 12.4. The van der Waals surface area contributed by atoms with E-state index in [1.54, 1.807) is 0 Å². The molecule has 1 fully saturated rings. The Morgan fingerprint density at radius 2 is 1.83 bits per heavy atom. The van der Waals surface area contributed by atoms with Gasteiger partial charge in [-0.05, 0) is 37.1 Å². The molecule has 0 aromatic heterocycles. The molecular formula is C12H16F3N3. The van der Waals surface area contributed by atoms with Gasteiger partial charge in [-0.15, -0.1) is 0 Å². The van der Waals surface area contributed by atoms with E-state index in [2.05, 4.69) is 10.9 Å². The van der Waals surface area contributed by atoms with Crippen LogP contribution < -0.4 is 16.6 Å². The van der Waals surface area contributed by atoms with Crippen molar-refractivity contribution in [3.63, 3.8) is 0 Å². The number of hydrazine groups is 1. The van der Waals surface area contributed by atoms with Crippen molar-refractivity contribution in [2.45, 2.75) is 31.1 Å². The molecule has 6 heteroatoms. The number of alkyl halides is 3. The van der Waals surface area contributed by atoms with Gasteiger partial charge in [-0.3, -0.25) is 10.9 Å². The van der Waals surface area contributed by atoms with Crippen LogP contribution in [0, 0.1) is 0 Å². The molecule has 2 rings (SSSR count). The monoisotopic (exact) mass is 259 g/mol. The van der Waals surface area contributed by atoms with E-state index in [0.717, 1.165) is 30.5 Å². The summed E-state index contributed by atoms with van der Waals surface area (Å²) in [7, 11) is 0. The maximum Gasteiger partial charge on any atom is 0.416 e. The Kier molecular flexibility index (Phi) is 3.89. The minimum atomic E-state index is -4.28. The van der Waals surface area contributed by atoms with Crippen molar-refractivity contribution >= 4 is 0 Å². The van der Waals surface area contributed by atoms with Crippen LogP contribution >= 0.6 is 0 Å². The Bertz CT molecular complexity index is 389. The van der Waals surface area contributed by atoms with Crippen molar-refractivity contribution < 1.29 is 13.2 Å². The molecule has 0 spiro atoms. The molecule has 0 aliphatic carbocycles. The summed E-state index contributed by atoms with van der Waals surface area (Å²) in [4.78, 5) is 0. The highest BCUT2D eigenvalue weighted by Gasteiger charge is 2.31. The first-order valence-electron chi connectivity index (χ1n) is 5.89. The molecule has 1 aliphatic rings. The second-order valence-electron chi connectivity index (χ2n) is 4.47. The fourth-order valence-electron chi connectivity index (χ4n) is 2.14. The summed E-state index contributed by atoms with van der Waals surface area (Å²) in [5.74, 6) is 0. The third-order valence-electron chi connectivity index (χ3n) is 3.14. The Balaban J connectivity index is 2.03. The second-order valence-corrected chi connectivity index (χ2v) is 4.47. The third kappa shape index (κ3) is 3.01. The van der Waals surface area contributed by atoms with Crippen molar-refractivity contribution in [2.75, 3.05) is 6.54 Å². The van der Waals surface area contributed by atoms with Crippen molar-refractivity contribution in [3.8, 4) is 0 Å². The molecule has 0 amide bonds. The second kappa shape index (κ2) is 5.26. The van der Waals surface area contributed by atoms with Crippen LogP contribution in [0.1, 0.15) is 30.0 Å². The number of hydrogen-bond donors (Lipinski definition) is 3. The SMILES string of the molecule is NCCC1CC(c2ccc(C(F)(F)F)cc2)NN1. The molecule has 4 N–H and O–H groups in total. The normalized spacial score (nSPS) is 24.4. The topological polar surface area (TPSA) is 50.1 Å². The standard InChI is InChI=1S/C12H16F3N3/c13-12(14,15)9-3-1-8(2-4-9)11-7-10(5-6-16)17-18-11/h1-4,10-11,17-18H,5-7,16H2. The molecule has 2 unspecified atom stereocenters. The van der Waals surface area contributed by atoms with Gasteiger partial charge in [0, 0.05) is 12.1 Å². The number of hydrogen-bond acceptors (Lipinski definition) is 3. The van der Waals surface area contributed by atoms with E-state index in [1.807, 2.05) is 0 Å². The van der Waals surface area contributed by atoms with Gasteiger partial charge < -0.3 is 5.73 Å². The smallest absolute Gasteiger partial charge is 0.330 e. The van der Waals surface area contributed by atoms with Gasteiger partial charge in [-0.2, -0.15) is 13.2 Å². The number of halogens is 3. The summed E-state index contributed by atoms with van der Waals surface area (Å²) in [5.41, 5.74) is 11.9. The zero-order valence-corrected chi connectivity index (χ0v) is 9.80. The van der Waals surface area contributed by atoms with Crippen LogP contribution in [-0.2, 0) is 6.18 Å². The first kappa shape index (κ1) is 13.3. The Morgan fingerprint density at radius 3 is 2.39 bits per heavy atom. The van der Waals surface area contributed by atoms with Gasteiger partial charge in [0.1, 0.15) is 0 Å². The summed E-state index contributed by atoms with van der Waals surface area (Å²) in [6.07, 6.45) is -2.59. The van der Waals surface area contributed by atoms with Crippen LogP contribution in [0.5, 0.6) is 0 Å². The number of rotatable bonds is 3. The van der Waals surface area contributed by atoms with Gasteiger partial charge >= 0.3 is 6.18 Å². The van der Waals surface area contributed by atoms with Gasteiger partial charge in [-0.1, -0.05) is 12.1 Å². The van der Waals surface area contributed by atoms with Gasteiger partial charge in [0.15, 0.2) is 0 Å². The summed E-state index contributed by atoms with van der Waals surface area (Å²) in [5, 5.41) is 0. The van der Waals surface area contributed by atoms with Crippen molar-refractivity contribution in [1.29, 1.82) is 0 Å². The Labute approximate surface area is 104 Å². The Morgan fingerprint density at radius 1 is 1.17 bits per heavy atom. The zero-order valence-electron chi connectivity index (χ0n) is 9.80. The largest absolute Gasteiger partial charge is 0.416 e. The lowest BCUT2D eigenvalue weighted by molar-refractivity contribution is -0.137. The molecule has 0 saturated carbocycles. The summed E-state index contributed by atoms with van der Waals surface area (Å²) < 4.78 is 37.3. The van der Waals surface area contributed by atoms with E-state index >= 15 is 0 Å². The van der Waals surface area contributed by atoms with Crippen molar-refractivity contribution in [3.05, 3.63) is 35.4 Å². The summed E-state index contributed by atoms with van der Waals surface area (Å²) >= 11 is 0. The van der Waals surface area contributed by atoms with Gasteiger partial charge in [-0.25, -0.2) is 0 Å². The maximum absolute atomic E-state index is 12.4. The van der Waals surface area contributed by atoms with E-state index < -0.39 is 11.7 Å². The van der Waals surface area contributed by atoms with Crippen LogP contribution in [0.25, 0.3) is 0 Å². The molecule has 0 radical (unpaired) electrons. The number of benzene rings is 1. The average Bonchev–Trinajstić information content (AvgIpc) is 2.77.